The summed E-state index contributed by atoms with van der Waals surface area (Å²) in [4.78, 5) is 10.3. The number of aliphatic carboxylic acids is 1. The van der Waals surface area contributed by atoms with Crippen LogP contribution < -0.4 is 14.6 Å². The third-order valence-electron chi connectivity index (χ3n) is 2.03. The van der Waals surface area contributed by atoms with E-state index in [1.165, 1.54) is 0 Å². The van der Waals surface area contributed by atoms with E-state index >= 15 is 0 Å². The highest BCUT2D eigenvalue weighted by Crippen LogP contribution is 2.32. The number of ether oxygens (including phenoxy) is 2. The quantitative estimate of drug-likeness (QED) is 0.679. The predicted molar refractivity (Wildman–Crippen MR) is 53.9 cm³/mol. The summed E-state index contributed by atoms with van der Waals surface area (Å²) >= 11 is 4.65. The van der Waals surface area contributed by atoms with Crippen LogP contribution in [0.4, 0.5) is 0 Å². The van der Waals surface area contributed by atoms with Crippen molar-refractivity contribution < 1.29 is 19.4 Å². The molecule has 1 aromatic carbocycles. The third-order valence-corrected chi connectivity index (χ3v) is 2.34. The van der Waals surface area contributed by atoms with Crippen molar-refractivity contribution in [1.82, 2.24) is 0 Å². The van der Waals surface area contributed by atoms with Gasteiger partial charge in [-0.05, 0) is 17.7 Å². The van der Waals surface area contributed by atoms with Crippen LogP contribution in [0.15, 0.2) is 18.2 Å². The van der Waals surface area contributed by atoms with Crippen molar-refractivity contribution in [2.24, 2.45) is 0 Å². The molecule has 2 rings (SSSR count). The Morgan fingerprint density at radius 2 is 2.13 bits per heavy atom. The fourth-order valence-electron chi connectivity index (χ4n) is 1.31. The van der Waals surface area contributed by atoms with Crippen molar-refractivity contribution in [1.29, 1.82) is 0 Å². The first-order valence-corrected chi connectivity index (χ1v) is 4.70. The van der Waals surface area contributed by atoms with E-state index < -0.39 is 5.97 Å². The lowest BCUT2D eigenvalue weighted by molar-refractivity contribution is -0.293. The van der Waals surface area contributed by atoms with E-state index in [4.69, 9.17) is 9.47 Å². The van der Waals surface area contributed by atoms with Crippen molar-refractivity contribution in [3.63, 3.8) is 0 Å². The molecule has 0 N–H and O–H groups in total. The smallest absolute Gasteiger partial charge is 0.231 e. The third kappa shape index (κ3) is 2.07. The van der Waals surface area contributed by atoms with Gasteiger partial charge in [0, 0.05) is 11.3 Å². The normalized spacial score (nSPS) is 12.5. The molecule has 0 amide bonds. The number of fused-ring (bicyclic) bond motifs is 1. The number of carbonyl (C=O) groups excluding carboxylic acids is 1. The number of benzene rings is 1. The molecule has 0 unspecified atom stereocenters. The highest BCUT2D eigenvalue weighted by molar-refractivity contribution is 7.82. The van der Waals surface area contributed by atoms with Crippen molar-refractivity contribution >= 4 is 23.1 Å². The standard InChI is InChI=1S/C10H8O4S/c11-10(12)9(15)4-6-1-2-7-8(3-6)14-5-13-7/h1-3H,4-5H2,(H,11,12)/p-1. The number of carboxylic acids is 1. The first-order valence-electron chi connectivity index (χ1n) is 4.29. The lowest BCUT2D eigenvalue weighted by atomic mass is 10.1. The summed E-state index contributed by atoms with van der Waals surface area (Å²) < 4.78 is 10.3. The second-order valence-corrected chi connectivity index (χ2v) is 3.57. The molecule has 0 aromatic heterocycles. The maximum Gasteiger partial charge on any atom is 0.231 e. The van der Waals surface area contributed by atoms with Gasteiger partial charge in [0.2, 0.25) is 6.79 Å². The average Bonchev–Trinajstić information content (AvgIpc) is 2.64. The van der Waals surface area contributed by atoms with Gasteiger partial charge in [0.25, 0.3) is 0 Å². The van der Waals surface area contributed by atoms with E-state index in [2.05, 4.69) is 12.2 Å². The second-order valence-electron chi connectivity index (χ2n) is 3.08. The highest BCUT2D eigenvalue weighted by Gasteiger charge is 2.13. The first kappa shape index (κ1) is 9.92. The molecule has 0 spiro atoms. The average molecular weight is 223 g/mol. The van der Waals surface area contributed by atoms with Crippen molar-refractivity contribution in [3.8, 4) is 11.5 Å². The minimum absolute atomic E-state index is 0.117. The first-order chi connectivity index (χ1) is 7.16. The summed E-state index contributed by atoms with van der Waals surface area (Å²) in [5, 5.41) is 10.4. The number of carbonyl (C=O) groups is 1. The molecule has 15 heavy (non-hydrogen) atoms. The van der Waals surface area contributed by atoms with Gasteiger partial charge >= 0.3 is 0 Å². The zero-order valence-electron chi connectivity index (χ0n) is 7.69. The van der Waals surface area contributed by atoms with Crippen LogP contribution in [0, 0.1) is 0 Å². The lowest BCUT2D eigenvalue weighted by Crippen LogP contribution is -2.31. The van der Waals surface area contributed by atoms with Crippen LogP contribution in [-0.2, 0) is 11.2 Å². The zero-order chi connectivity index (χ0) is 10.8. The van der Waals surface area contributed by atoms with Crippen molar-refractivity contribution in [2.45, 2.75) is 6.42 Å². The van der Waals surface area contributed by atoms with Gasteiger partial charge in [0.05, 0.1) is 5.97 Å². The van der Waals surface area contributed by atoms with Crippen LogP contribution in [0.5, 0.6) is 11.5 Å². The second kappa shape index (κ2) is 3.86. The molecule has 0 saturated carbocycles. The summed E-state index contributed by atoms with van der Waals surface area (Å²) in [5.74, 6) is -0.0190. The minimum atomic E-state index is -1.30. The molecule has 1 aliphatic rings. The van der Waals surface area contributed by atoms with Gasteiger partial charge in [-0.15, -0.1) is 0 Å². The SMILES string of the molecule is O=C([O-])C(=S)Cc1ccc2c(c1)OCO2. The van der Waals surface area contributed by atoms with E-state index in [1.54, 1.807) is 18.2 Å². The molecule has 0 atom stereocenters. The zero-order valence-corrected chi connectivity index (χ0v) is 8.50. The Kier molecular flexibility index (Phi) is 2.55. The molecular weight excluding hydrogens is 216 g/mol. The van der Waals surface area contributed by atoms with Gasteiger partial charge in [-0.25, -0.2) is 0 Å². The van der Waals surface area contributed by atoms with Gasteiger partial charge in [0.1, 0.15) is 0 Å². The summed E-state index contributed by atoms with van der Waals surface area (Å²) in [7, 11) is 0. The van der Waals surface area contributed by atoms with Gasteiger partial charge in [-0.2, -0.15) is 0 Å². The van der Waals surface area contributed by atoms with Gasteiger partial charge in [-0.1, -0.05) is 18.3 Å². The van der Waals surface area contributed by atoms with E-state index in [0.29, 0.717) is 11.5 Å². The Hall–Kier alpha value is -1.62. The molecule has 0 bridgehead atoms. The fraction of sp³-hybridized carbons (Fsp3) is 0.200. The molecule has 1 heterocycles. The van der Waals surface area contributed by atoms with Crippen molar-refractivity contribution in [2.75, 3.05) is 6.79 Å². The molecule has 1 aliphatic heterocycles. The van der Waals surface area contributed by atoms with Crippen molar-refractivity contribution in [3.05, 3.63) is 23.8 Å². The fourth-order valence-corrected chi connectivity index (χ4v) is 1.48. The molecule has 0 saturated heterocycles. The van der Waals surface area contributed by atoms with Gasteiger partial charge < -0.3 is 19.4 Å². The molecule has 0 radical (unpaired) electrons. The molecule has 5 heteroatoms. The Balaban J connectivity index is 2.17. The number of rotatable bonds is 3. The minimum Gasteiger partial charge on any atom is -0.544 e. The highest BCUT2D eigenvalue weighted by atomic mass is 32.1. The number of hydrogen-bond acceptors (Lipinski definition) is 5. The number of carboxylic acid groups (broad SMARTS) is 1. The number of thiocarbonyl (C=S) groups is 1. The monoisotopic (exact) mass is 223 g/mol. The Morgan fingerprint density at radius 3 is 2.87 bits per heavy atom. The topological polar surface area (TPSA) is 58.6 Å². The Labute approximate surface area is 91.4 Å². The molecule has 4 nitrogen and oxygen atoms in total. The van der Waals surface area contributed by atoms with Crippen LogP contribution in [0.1, 0.15) is 5.56 Å². The van der Waals surface area contributed by atoms with Crippen LogP contribution in [0.2, 0.25) is 0 Å². The Bertz CT molecular complexity index is 427. The van der Waals surface area contributed by atoms with Gasteiger partial charge in [-0.3, -0.25) is 0 Å². The molecule has 1 aromatic rings. The summed E-state index contributed by atoms with van der Waals surface area (Å²) in [6.45, 7) is 0.198. The van der Waals surface area contributed by atoms with Crippen LogP contribution in [0.3, 0.4) is 0 Å². The maximum absolute atomic E-state index is 10.4. The number of hydrogen-bond donors (Lipinski definition) is 0. The molecular formula is C10H7O4S-. The van der Waals surface area contributed by atoms with Crippen LogP contribution >= 0.6 is 12.2 Å². The lowest BCUT2D eigenvalue weighted by Gasteiger charge is -2.05. The van der Waals surface area contributed by atoms with E-state index in [0.717, 1.165) is 5.56 Å². The largest absolute Gasteiger partial charge is 0.544 e. The summed E-state index contributed by atoms with van der Waals surface area (Å²) in [6, 6.07) is 5.20. The summed E-state index contributed by atoms with van der Waals surface area (Å²) in [5.41, 5.74) is 0.772. The molecule has 78 valence electrons. The van der Waals surface area contributed by atoms with E-state index in [1.807, 2.05) is 0 Å². The van der Waals surface area contributed by atoms with Crippen LogP contribution in [0.25, 0.3) is 0 Å². The molecule has 0 aliphatic carbocycles. The van der Waals surface area contributed by atoms with Crippen LogP contribution in [-0.4, -0.2) is 17.6 Å². The summed E-state index contributed by atoms with van der Waals surface area (Å²) in [6.07, 6.45) is 0.175. The van der Waals surface area contributed by atoms with Gasteiger partial charge in [0.15, 0.2) is 11.5 Å². The maximum atomic E-state index is 10.4. The van der Waals surface area contributed by atoms with E-state index in [9.17, 15) is 9.90 Å². The van der Waals surface area contributed by atoms with E-state index in [-0.39, 0.29) is 18.1 Å². The predicted octanol–water partition coefficient (Wildman–Crippen LogP) is 0.0776. The Morgan fingerprint density at radius 1 is 1.40 bits per heavy atom. The molecule has 0 fully saturated rings.